The minimum absolute atomic E-state index is 0.386. The average Bonchev–Trinajstić information content (AvgIpc) is 2.50. The van der Waals surface area contributed by atoms with Crippen LogP contribution < -0.4 is 5.32 Å². The van der Waals surface area contributed by atoms with Crippen LogP contribution in [0.2, 0.25) is 0 Å². The molecule has 0 saturated heterocycles. The van der Waals surface area contributed by atoms with Crippen LogP contribution in [0.15, 0.2) is 48.5 Å². The molecule has 110 valence electrons. The molecule has 1 N–H and O–H groups in total. The minimum Gasteiger partial charge on any atom is -0.303 e. The van der Waals surface area contributed by atoms with Crippen LogP contribution in [0, 0.1) is 6.92 Å². The zero-order chi connectivity index (χ0) is 14.8. The molecule has 2 aromatic rings. The van der Waals surface area contributed by atoms with Crippen LogP contribution >= 0.6 is 0 Å². The Morgan fingerprint density at radius 3 is 2.52 bits per heavy atom. The highest BCUT2D eigenvalue weighted by Crippen LogP contribution is 2.38. The fourth-order valence-corrected chi connectivity index (χ4v) is 3.52. The summed E-state index contributed by atoms with van der Waals surface area (Å²) in [6, 6.07) is 18.6. The molecule has 21 heavy (non-hydrogen) atoms. The normalized spacial score (nSPS) is 22.6. The van der Waals surface area contributed by atoms with Gasteiger partial charge in [-0.1, -0.05) is 61.0 Å². The highest BCUT2D eigenvalue weighted by Gasteiger charge is 2.25. The Morgan fingerprint density at radius 2 is 1.76 bits per heavy atom. The smallest absolute Gasteiger partial charge is 0.0328 e. The molecular weight excluding hydrogens is 254 g/mol. The first-order valence-corrected chi connectivity index (χ1v) is 8.06. The van der Waals surface area contributed by atoms with Gasteiger partial charge in [-0.25, -0.2) is 0 Å². The third-order valence-electron chi connectivity index (χ3n) is 4.78. The largest absolute Gasteiger partial charge is 0.303 e. The molecule has 1 heteroatoms. The third kappa shape index (κ3) is 3.03. The van der Waals surface area contributed by atoms with Gasteiger partial charge in [-0.15, -0.1) is 0 Å². The molecule has 0 amide bonds. The summed E-state index contributed by atoms with van der Waals surface area (Å²) in [5.74, 6) is 0.688. The highest BCUT2D eigenvalue weighted by atomic mass is 14.9. The van der Waals surface area contributed by atoms with E-state index in [0.29, 0.717) is 18.0 Å². The summed E-state index contributed by atoms with van der Waals surface area (Å²) in [6.45, 7) is 6.78. The van der Waals surface area contributed by atoms with Gasteiger partial charge in [0.25, 0.3) is 0 Å². The summed E-state index contributed by atoms with van der Waals surface area (Å²) in [4.78, 5) is 0. The van der Waals surface area contributed by atoms with Gasteiger partial charge >= 0.3 is 0 Å². The maximum atomic E-state index is 3.84. The van der Waals surface area contributed by atoms with Crippen molar-refractivity contribution in [2.24, 2.45) is 0 Å². The summed E-state index contributed by atoms with van der Waals surface area (Å²) < 4.78 is 0. The van der Waals surface area contributed by atoms with Crippen LogP contribution in [-0.4, -0.2) is 0 Å². The van der Waals surface area contributed by atoms with E-state index in [2.05, 4.69) is 74.6 Å². The van der Waals surface area contributed by atoms with Crippen molar-refractivity contribution in [2.75, 3.05) is 0 Å². The monoisotopic (exact) mass is 279 g/mol. The van der Waals surface area contributed by atoms with Crippen molar-refractivity contribution < 1.29 is 0 Å². The summed E-state index contributed by atoms with van der Waals surface area (Å²) in [5.41, 5.74) is 5.73. The van der Waals surface area contributed by atoms with Crippen LogP contribution in [0.3, 0.4) is 0 Å². The Balaban J connectivity index is 1.81. The number of benzene rings is 2. The van der Waals surface area contributed by atoms with Gasteiger partial charge in [0.05, 0.1) is 0 Å². The van der Waals surface area contributed by atoms with Crippen LogP contribution in [0.1, 0.15) is 66.9 Å². The van der Waals surface area contributed by atoms with Crippen LogP contribution in [-0.2, 0) is 0 Å². The Morgan fingerprint density at radius 1 is 1.00 bits per heavy atom. The predicted octanol–water partition coefficient (Wildman–Crippen LogP) is 5.28. The number of rotatable bonds is 3. The van der Waals surface area contributed by atoms with Crippen molar-refractivity contribution in [3.05, 3.63) is 70.8 Å². The van der Waals surface area contributed by atoms with Gasteiger partial charge in [0.15, 0.2) is 0 Å². The van der Waals surface area contributed by atoms with Gasteiger partial charge in [-0.05, 0) is 49.3 Å². The molecule has 2 unspecified atom stereocenters. The van der Waals surface area contributed by atoms with E-state index >= 15 is 0 Å². The maximum Gasteiger partial charge on any atom is 0.0328 e. The zero-order valence-electron chi connectivity index (χ0n) is 13.3. The summed E-state index contributed by atoms with van der Waals surface area (Å²) in [7, 11) is 0. The van der Waals surface area contributed by atoms with Gasteiger partial charge in [-0.2, -0.15) is 0 Å². The zero-order valence-corrected chi connectivity index (χ0v) is 13.3. The van der Waals surface area contributed by atoms with E-state index in [1.54, 1.807) is 0 Å². The molecule has 1 aliphatic rings. The minimum atomic E-state index is 0.386. The van der Waals surface area contributed by atoms with Crippen molar-refractivity contribution >= 4 is 0 Å². The number of nitrogens with one attached hydrogen (secondary N) is 1. The lowest BCUT2D eigenvalue weighted by molar-refractivity contribution is 0.396. The number of aryl methyl sites for hydroxylation is 1. The summed E-state index contributed by atoms with van der Waals surface area (Å²) >= 11 is 0. The first kappa shape index (κ1) is 14.3. The van der Waals surface area contributed by atoms with E-state index in [1.165, 1.54) is 35.1 Å². The molecule has 0 heterocycles. The molecule has 1 nitrogen and oxygen atoms in total. The number of hydrogen-bond acceptors (Lipinski definition) is 1. The van der Waals surface area contributed by atoms with Gasteiger partial charge in [-0.3, -0.25) is 0 Å². The lowest BCUT2D eigenvalue weighted by Gasteiger charge is -2.32. The van der Waals surface area contributed by atoms with E-state index in [1.807, 2.05) is 0 Å². The lowest BCUT2D eigenvalue weighted by Crippen LogP contribution is -2.28. The quantitative estimate of drug-likeness (QED) is 0.805. The molecule has 0 spiro atoms. The molecule has 2 aromatic carbocycles. The Labute approximate surface area is 128 Å². The fourth-order valence-electron chi connectivity index (χ4n) is 3.52. The molecule has 0 aromatic heterocycles. The molecule has 0 saturated carbocycles. The van der Waals surface area contributed by atoms with Gasteiger partial charge in [0.2, 0.25) is 0 Å². The highest BCUT2D eigenvalue weighted by molar-refractivity contribution is 5.35. The van der Waals surface area contributed by atoms with E-state index in [9.17, 15) is 0 Å². The van der Waals surface area contributed by atoms with Crippen molar-refractivity contribution in [3.8, 4) is 0 Å². The molecular formula is C20H25N. The van der Waals surface area contributed by atoms with E-state index < -0.39 is 0 Å². The maximum absolute atomic E-state index is 3.84. The molecule has 0 aliphatic heterocycles. The van der Waals surface area contributed by atoms with Crippen LogP contribution in [0.4, 0.5) is 0 Å². The number of hydrogen-bond donors (Lipinski definition) is 1. The second-order valence-corrected chi connectivity index (χ2v) is 6.46. The van der Waals surface area contributed by atoms with Crippen molar-refractivity contribution in [3.63, 3.8) is 0 Å². The first-order chi connectivity index (χ1) is 10.1. The molecule has 0 bridgehead atoms. The van der Waals surface area contributed by atoms with Gasteiger partial charge < -0.3 is 5.32 Å². The average molecular weight is 279 g/mol. The fraction of sp³-hybridized carbons (Fsp3) is 0.400. The molecule has 1 aliphatic carbocycles. The topological polar surface area (TPSA) is 12.0 Å². The standard InChI is InChI=1S/C20H25N/c1-14-7-6-8-17(13-14)16(3)21-20-12-11-15(2)18-9-4-5-10-19(18)20/h4-10,13,15-16,20-21H,11-12H2,1-3H3/t15?,16-,20?/m0/s1. The van der Waals surface area contributed by atoms with E-state index in [0.717, 1.165) is 0 Å². The van der Waals surface area contributed by atoms with Crippen molar-refractivity contribution in [1.82, 2.24) is 5.32 Å². The van der Waals surface area contributed by atoms with Crippen molar-refractivity contribution in [2.45, 2.75) is 51.6 Å². The number of fused-ring (bicyclic) bond motifs is 1. The van der Waals surface area contributed by atoms with E-state index in [-0.39, 0.29) is 0 Å². The van der Waals surface area contributed by atoms with Gasteiger partial charge in [0.1, 0.15) is 0 Å². The van der Waals surface area contributed by atoms with Crippen LogP contribution in [0.25, 0.3) is 0 Å². The Bertz CT molecular complexity index is 617. The molecule has 0 fully saturated rings. The van der Waals surface area contributed by atoms with Gasteiger partial charge in [0, 0.05) is 12.1 Å². The lowest BCUT2D eigenvalue weighted by atomic mass is 9.80. The second-order valence-electron chi connectivity index (χ2n) is 6.46. The Kier molecular flexibility index (Phi) is 4.12. The SMILES string of the molecule is Cc1cccc([C@H](C)NC2CCC(C)c3ccccc32)c1. The first-order valence-electron chi connectivity index (χ1n) is 8.06. The predicted molar refractivity (Wildman–Crippen MR) is 89.6 cm³/mol. The van der Waals surface area contributed by atoms with Crippen molar-refractivity contribution in [1.29, 1.82) is 0 Å². The molecule has 0 radical (unpaired) electrons. The van der Waals surface area contributed by atoms with E-state index in [4.69, 9.17) is 0 Å². The third-order valence-corrected chi connectivity index (χ3v) is 4.78. The Hall–Kier alpha value is -1.60. The second kappa shape index (κ2) is 6.03. The van der Waals surface area contributed by atoms with Crippen LogP contribution in [0.5, 0.6) is 0 Å². The summed E-state index contributed by atoms with van der Waals surface area (Å²) in [5, 5.41) is 3.84. The molecule has 3 atom stereocenters. The summed E-state index contributed by atoms with van der Waals surface area (Å²) in [6.07, 6.45) is 2.50. The molecule has 3 rings (SSSR count).